The molecular formula is C20H19N3O2. The van der Waals surface area contributed by atoms with Gasteiger partial charge in [0, 0.05) is 11.3 Å². The summed E-state index contributed by atoms with van der Waals surface area (Å²) in [4.78, 5) is 4.70. The number of pyridine rings is 1. The molecule has 2 N–H and O–H groups in total. The molecule has 1 aliphatic carbocycles. The molecule has 0 fully saturated rings. The molecule has 0 saturated carbocycles. The average molecular weight is 333 g/mol. The molecule has 0 aliphatic heterocycles. The van der Waals surface area contributed by atoms with E-state index in [1.54, 1.807) is 7.11 Å². The second kappa shape index (κ2) is 6.14. The molecule has 0 unspecified atom stereocenters. The fourth-order valence-electron chi connectivity index (χ4n) is 3.55. The van der Waals surface area contributed by atoms with Crippen molar-refractivity contribution in [3.8, 4) is 23.1 Å². The van der Waals surface area contributed by atoms with E-state index in [4.69, 9.17) is 19.9 Å². The van der Waals surface area contributed by atoms with Crippen molar-refractivity contribution in [2.45, 2.75) is 32.1 Å². The number of nitrogens with two attached hydrogens (primary N) is 1. The zero-order valence-corrected chi connectivity index (χ0v) is 14.1. The number of anilines is 1. The van der Waals surface area contributed by atoms with Gasteiger partial charge in [-0.15, -0.1) is 0 Å². The van der Waals surface area contributed by atoms with Crippen LogP contribution in [0.25, 0.3) is 22.4 Å². The van der Waals surface area contributed by atoms with Gasteiger partial charge >= 0.3 is 0 Å². The van der Waals surface area contributed by atoms with Gasteiger partial charge in [-0.1, -0.05) is 6.42 Å². The van der Waals surface area contributed by atoms with Crippen LogP contribution in [-0.4, -0.2) is 12.1 Å². The second-order valence-corrected chi connectivity index (χ2v) is 6.34. The summed E-state index contributed by atoms with van der Waals surface area (Å²) in [5.41, 5.74) is 10.9. The van der Waals surface area contributed by atoms with E-state index in [-0.39, 0.29) is 0 Å². The number of hydrogen-bond acceptors (Lipinski definition) is 5. The first kappa shape index (κ1) is 15.5. The highest BCUT2D eigenvalue weighted by molar-refractivity contribution is 5.98. The summed E-state index contributed by atoms with van der Waals surface area (Å²) >= 11 is 0. The summed E-state index contributed by atoms with van der Waals surface area (Å²) in [6, 6.07) is 9.70. The minimum absolute atomic E-state index is 0.456. The summed E-state index contributed by atoms with van der Waals surface area (Å²) in [6.45, 7) is 0. The van der Waals surface area contributed by atoms with E-state index in [9.17, 15) is 5.26 Å². The van der Waals surface area contributed by atoms with Gasteiger partial charge in [-0.05, 0) is 55.5 Å². The normalized spacial score (nSPS) is 13.9. The molecule has 2 aromatic heterocycles. The van der Waals surface area contributed by atoms with Gasteiger partial charge < -0.3 is 14.9 Å². The number of furan rings is 1. The van der Waals surface area contributed by atoms with Crippen LogP contribution in [0.5, 0.6) is 5.75 Å². The summed E-state index contributed by atoms with van der Waals surface area (Å²) in [7, 11) is 1.62. The van der Waals surface area contributed by atoms with Gasteiger partial charge in [0.2, 0.25) is 5.71 Å². The van der Waals surface area contributed by atoms with Crippen LogP contribution >= 0.6 is 0 Å². The Morgan fingerprint density at radius 1 is 1.16 bits per heavy atom. The van der Waals surface area contributed by atoms with Gasteiger partial charge in [-0.25, -0.2) is 4.98 Å². The standard InChI is InChI=1S/C20H19N3O2/c1-24-13-9-7-12(8-10-13)19-15(11-21)17-18(22)14-5-3-2-4-6-16(14)23-20(17)25-19/h7-10H,2-6H2,1H3,(H2,22,23). The number of ether oxygens (including phenoxy) is 1. The molecule has 4 rings (SSSR count). The summed E-state index contributed by atoms with van der Waals surface area (Å²) in [6.07, 6.45) is 5.23. The lowest BCUT2D eigenvalue weighted by Crippen LogP contribution is -2.02. The molecule has 0 saturated heterocycles. The Balaban J connectivity index is 1.94. The predicted molar refractivity (Wildman–Crippen MR) is 96.4 cm³/mol. The van der Waals surface area contributed by atoms with Crippen molar-refractivity contribution in [3.05, 3.63) is 41.1 Å². The smallest absolute Gasteiger partial charge is 0.230 e. The molecule has 0 bridgehead atoms. The molecule has 1 aliphatic rings. The van der Waals surface area contributed by atoms with Crippen LogP contribution in [0.15, 0.2) is 28.7 Å². The maximum Gasteiger partial charge on any atom is 0.230 e. The van der Waals surface area contributed by atoms with Crippen LogP contribution in [0.2, 0.25) is 0 Å². The highest BCUT2D eigenvalue weighted by Crippen LogP contribution is 2.39. The Bertz CT molecular complexity index is 981. The lowest BCUT2D eigenvalue weighted by molar-refractivity contribution is 0.415. The minimum Gasteiger partial charge on any atom is -0.497 e. The molecule has 0 atom stereocenters. The van der Waals surface area contributed by atoms with Crippen molar-refractivity contribution in [2.24, 2.45) is 0 Å². The van der Waals surface area contributed by atoms with E-state index in [2.05, 4.69) is 6.07 Å². The first-order valence-corrected chi connectivity index (χ1v) is 8.51. The number of hydrogen-bond donors (Lipinski definition) is 1. The molecule has 0 radical (unpaired) electrons. The molecule has 0 amide bonds. The quantitative estimate of drug-likeness (QED) is 0.709. The summed E-state index contributed by atoms with van der Waals surface area (Å²) in [5.74, 6) is 1.27. The van der Waals surface area contributed by atoms with Crippen LogP contribution in [0.3, 0.4) is 0 Å². The lowest BCUT2D eigenvalue weighted by atomic mass is 10.0. The topological polar surface area (TPSA) is 85.1 Å². The highest BCUT2D eigenvalue weighted by Gasteiger charge is 2.24. The minimum atomic E-state index is 0.456. The van der Waals surface area contributed by atoms with Gasteiger partial charge in [0.25, 0.3) is 0 Å². The Kier molecular flexibility index (Phi) is 3.81. The number of rotatable bonds is 2. The van der Waals surface area contributed by atoms with Gasteiger partial charge in [-0.3, -0.25) is 0 Å². The monoisotopic (exact) mass is 333 g/mol. The number of nitriles is 1. The van der Waals surface area contributed by atoms with Crippen molar-refractivity contribution in [2.75, 3.05) is 12.8 Å². The molecule has 25 heavy (non-hydrogen) atoms. The fourth-order valence-corrected chi connectivity index (χ4v) is 3.55. The third kappa shape index (κ3) is 2.51. The summed E-state index contributed by atoms with van der Waals surface area (Å²) in [5, 5.41) is 10.4. The van der Waals surface area contributed by atoms with Crippen LogP contribution in [0.4, 0.5) is 5.69 Å². The van der Waals surface area contributed by atoms with Crippen molar-refractivity contribution in [3.63, 3.8) is 0 Å². The first-order chi connectivity index (χ1) is 12.2. The summed E-state index contributed by atoms with van der Waals surface area (Å²) < 4.78 is 11.2. The van der Waals surface area contributed by atoms with Crippen LogP contribution < -0.4 is 10.5 Å². The molecule has 0 spiro atoms. The highest BCUT2D eigenvalue weighted by atomic mass is 16.5. The molecule has 1 aromatic carbocycles. The molecule has 5 heteroatoms. The maximum atomic E-state index is 9.73. The Labute approximate surface area is 146 Å². The third-order valence-electron chi connectivity index (χ3n) is 4.87. The van der Waals surface area contributed by atoms with Gasteiger partial charge in [-0.2, -0.15) is 5.26 Å². The van der Waals surface area contributed by atoms with Crippen LogP contribution in [0, 0.1) is 11.3 Å². The van der Waals surface area contributed by atoms with E-state index in [1.807, 2.05) is 24.3 Å². The predicted octanol–water partition coefficient (Wildman–Crippen LogP) is 4.23. The van der Waals surface area contributed by atoms with Gasteiger partial charge in [0.15, 0.2) is 5.76 Å². The number of nitrogen functional groups attached to an aromatic ring is 1. The SMILES string of the molecule is COc1ccc(-c2oc3nc4c(c(N)c3c2C#N)CCCCC4)cc1. The Hall–Kier alpha value is -3.00. The van der Waals surface area contributed by atoms with E-state index < -0.39 is 0 Å². The number of aromatic nitrogens is 1. The number of aryl methyl sites for hydroxylation is 1. The van der Waals surface area contributed by atoms with Crippen molar-refractivity contribution in [1.82, 2.24) is 4.98 Å². The van der Waals surface area contributed by atoms with E-state index in [0.717, 1.165) is 48.3 Å². The molecule has 126 valence electrons. The van der Waals surface area contributed by atoms with Crippen molar-refractivity contribution >= 4 is 16.8 Å². The Morgan fingerprint density at radius 2 is 1.92 bits per heavy atom. The number of nitrogens with zero attached hydrogens (tertiary/aromatic N) is 2. The van der Waals surface area contributed by atoms with E-state index in [0.29, 0.717) is 28.1 Å². The van der Waals surface area contributed by atoms with Crippen LogP contribution in [0.1, 0.15) is 36.1 Å². The van der Waals surface area contributed by atoms with E-state index >= 15 is 0 Å². The molecule has 2 heterocycles. The van der Waals surface area contributed by atoms with Gasteiger partial charge in [0.05, 0.1) is 18.2 Å². The lowest BCUT2D eigenvalue weighted by Gasteiger charge is -2.08. The second-order valence-electron chi connectivity index (χ2n) is 6.34. The molecular weight excluding hydrogens is 314 g/mol. The number of methoxy groups -OCH3 is 1. The van der Waals surface area contributed by atoms with Crippen molar-refractivity contribution < 1.29 is 9.15 Å². The number of benzene rings is 1. The van der Waals surface area contributed by atoms with Crippen molar-refractivity contribution in [1.29, 1.82) is 5.26 Å². The molecule has 3 aromatic rings. The largest absolute Gasteiger partial charge is 0.497 e. The third-order valence-corrected chi connectivity index (χ3v) is 4.87. The zero-order valence-electron chi connectivity index (χ0n) is 14.1. The zero-order chi connectivity index (χ0) is 17.4. The maximum absolute atomic E-state index is 9.73. The average Bonchev–Trinajstić information content (AvgIpc) is 2.84. The van der Waals surface area contributed by atoms with E-state index in [1.165, 1.54) is 6.42 Å². The molecule has 5 nitrogen and oxygen atoms in total. The van der Waals surface area contributed by atoms with Crippen LogP contribution in [-0.2, 0) is 12.8 Å². The Morgan fingerprint density at radius 3 is 2.64 bits per heavy atom. The number of fused-ring (bicyclic) bond motifs is 2. The first-order valence-electron chi connectivity index (χ1n) is 8.51. The fraction of sp³-hybridized carbons (Fsp3) is 0.300. The van der Waals surface area contributed by atoms with Gasteiger partial charge in [0.1, 0.15) is 17.4 Å².